The minimum Gasteiger partial charge on any atom is -0.293 e. The number of fused-ring (bicyclic) bond motifs is 4. The van der Waals surface area contributed by atoms with Crippen LogP contribution in [0.25, 0.3) is 0 Å². The molecule has 1 aliphatic carbocycles. The van der Waals surface area contributed by atoms with Crippen LogP contribution in [0, 0.1) is 16.0 Å². The first-order chi connectivity index (χ1) is 14.8. The highest BCUT2D eigenvalue weighted by atomic mass is 16.6. The van der Waals surface area contributed by atoms with Crippen LogP contribution in [0.15, 0.2) is 63.1 Å². The first-order valence-electron chi connectivity index (χ1n) is 9.57. The second kappa shape index (κ2) is 6.43. The molecule has 0 saturated carbocycles. The average molecular weight is 416 g/mol. The predicted molar refractivity (Wildman–Crippen MR) is 112 cm³/mol. The number of rotatable bonds is 2. The minimum atomic E-state index is -0.753. The summed E-state index contributed by atoms with van der Waals surface area (Å²) in [5, 5.41) is 11.1. The summed E-state index contributed by atoms with van der Waals surface area (Å²) in [6.45, 7) is 0. The van der Waals surface area contributed by atoms with E-state index < -0.39 is 28.0 Å². The van der Waals surface area contributed by atoms with Crippen molar-refractivity contribution in [2.45, 2.75) is 5.92 Å². The van der Waals surface area contributed by atoms with Gasteiger partial charge in [0.25, 0.3) is 11.2 Å². The Balaban J connectivity index is 1.85. The number of benzene rings is 2. The van der Waals surface area contributed by atoms with Crippen molar-refractivity contribution in [2.75, 3.05) is 0 Å². The van der Waals surface area contributed by atoms with Gasteiger partial charge in [-0.3, -0.25) is 28.8 Å². The van der Waals surface area contributed by atoms with Crippen LogP contribution in [0.2, 0.25) is 0 Å². The third-order valence-electron chi connectivity index (χ3n) is 6.05. The number of carbonyl (C=O) groups is 1. The van der Waals surface area contributed by atoms with E-state index >= 15 is 0 Å². The van der Waals surface area contributed by atoms with Gasteiger partial charge in [0.1, 0.15) is 5.82 Å². The number of aromatic nitrogens is 2. The highest BCUT2D eigenvalue weighted by molar-refractivity contribution is 6.30. The molecule has 2 aromatic carbocycles. The molecule has 31 heavy (non-hydrogen) atoms. The zero-order valence-electron chi connectivity index (χ0n) is 16.6. The van der Waals surface area contributed by atoms with Crippen LogP contribution in [0.3, 0.4) is 0 Å². The summed E-state index contributed by atoms with van der Waals surface area (Å²) in [5.41, 5.74) is 1.33. The van der Waals surface area contributed by atoms with Gasteiger partial charge in [0, 0.05) is 43.3 Å². The van der Waals surface area contributed by atoms with Gasteiger partial charge in [-0.15, -0.1) is 0 Å². The summed E-state index contributed by atoms with van der Waals surface area (Å²) in [6.07, 6.45) is 0. The van der Waals surface area contributed by atoms with Crippen molar-refractivity contribution >= 4 is 23.0 Å². The van der Waals surface area contributed by atoms with E-state index in [0.717, 1.165) is 4.57 Å². The van der Waals surface area contributed by atoms with Crippen molar-refractivity contribution in [3.63, 3.8) is 0 Å². The fourth-order valence-electron chi connectivity index (χ4n) is 4.53. The van der Waals surface area contributed by atoms with E-state index in [1.54, 1.807) is 36.4 Å². The van der Waals surface area contributed by atoms with E-state index in [1.807, 2.05) is 0 Å². The number of nitro benzene ring substituents is 1. The maximum atomic E-state index is 13.4. The third-order valence-corrected chi connectivity index (χ3v) is 6.05. The van der Waals surface area contributed by atoms with E-state index in [2.05, 4.69) is 4.99 Å². The molecule has 2 atom stereocenters. The van der Waals surface area contributed by atoms with Crippen molar-refractivity contribution in [1.82, 2.24) is 9.13 Å². The van der Waals surface area contributed by atoms with Crippen LogP contribution in [0.1, 0.15) is 33.0 Å². The second-order valence-corrected chi connectivity index (χ2v) is 7.65. The molecule has 9 heteroatoms. The SMILES string of the molecule is Cn1c2c(c(=O)n(C)c1=O)[C@H](c1ccc([N+](=O)[O-])cc1)[C@@H]1C(=O)c3ccccc3C1=N2. The van der Waals surface area contributed by atoms with E-state index in [4.69, 9.17) is 0 Å². The van der Waals surface area contributed by atoms with Gasteiger partial charge in [-0.25, -0.2) is 9.79 Å². The third kappa shape index (κ3) is 2.49. The van der Waals surface area contributed by atoms with Crippen molar-refractivity contribution in [3.05, 3.63) is 102 Å². The maximum absolute atomic E-state index is 13.4. The molecule has 2 heterocycles. The fourth-order valence-corrected chi connectivity index (χ4v) is 4.53. The van der Waals surface area contributed by atoms with Gasteiger partial charge in [-0.1, -0.05) is 36.4 Å². The van der Waals surface area contributed by atoms with Gasteiger partial charge in [0.15, 0.2) is 5.78 Å². The summed E-state index contributed by atoms with van der Waals surface area (Å²) in [7, 11) is 2.91. The minimum absolute atomic E-state index is 0.0944. The van der Waals surface area contributed by atoms with Crippen LogP contribution in [0.5, 0.6) is 0 Å². The van der Waals surface area contributed by atoms with Gasteiger partial charge in [0.2, 0.25) is 0 Å². The molecule has 0 radical (unpaired) electrons. The first kappa shape index (κ1) is 18.9. The Kier molecular flexibility index (Phi) is 3.91. The van der Waals surface area contributed by atoms with Crippen LogP contribution in [-0.2, 0) is 14.1 Å². The number of ketones is 1. The van der Waals surface area contributed by atoms with E-state index in [9.17, 15) is 24.5 Å². The Labute approximate surface area is 175 Å². The van der Waals surface area contributed by atoms with E-state index in [1.165, 1.54) is 30.8 Å². The Morgan fingerprint density at radius 1 is 0.903 bits per heavy atom. The van der Waals surface area contributed by atoms with Crippen LogP contribution < -0.4 is 11.2 Å². The molecule has 0 spiro atoms. The highest BCUT2D eigenvalue weighted by Crippen LogP contribution is 2.46. The highest BCUT2D eigenvalue weighted by Gasteiger charge is 2.47. The standard InChI is InChI=1S/C22H16N4O5/c1-24-20-17(21(28)25(2)22(24)29)15(11-7-9-12(10-8-11)26(30)31)16-18(23-20)13-5-3-4-6-14(13)19(16)27/h3-10,15-16H,1-2H3/t15-,16+/m1/s1. The molecule has 9 nitrogen and oxygen atoms in total. The number of nitrogens with zero attached hydrogens (tertiary/aromatic N) is 4. The lowest BCUT2D eigenvalue weighted by molar-refractivity contribution is -0.384. The molecule has 1 aliphatic heterocycles. The molecule has 0 N–H and O–H groups in total. The Morgan fingerprint density at radius 2 is 1.55 bits per heavy atom. The largest absolute Gasteiger partial charge is 0.332 e. The molecule has 154 valence electrons. The Morgan fingerprint density at radius 3 is 2.19 bits per heavy atom. The Bertz CT molecular complexity index is 1450. The van der Waals surface area contributed by atoms with Crippen molar-refractivity contribution in [3.8, 4) is 0 Å². The topological polar surface area (TPSA) is 117 Å². The molecule has 2 aliphatic rings. The number of aliphatic imine (C=N–C) groups is 1. The van der Waals surface area contributed by atoms with E-state index in [-0.39, 0.29) is 22.9 Å². The average Bonchev–Trinajstić information content (AvgIpc) is 3.07. The van der Waals surface area contributed by atoms with Crippen molar-refractivity contribution in [1.29, 1.82) is 0 Å². The Hall–Kier alpha value is -4.14. The predicted octanol–water partition coefficient (Wildman–Crippen LogP) is 2.07. The number of hydrogen-bond donors (Lipinski definition) is 0. The zero-order valence-corrected chi connectivity index (χ0v) is 16.6. The lowest BCUT2D eigenvalue weighted by Crippen LogP contribution is -2.43. The first-order valence-corrected chi connectivity index (χ1v) is 9.57. The van der Waals surface area contributed by atoms with Gasteiger partial charge in [-0.2, -0.15) is 0 Å². The molecular weight excluding hydrogens is 400 g/mol. The molecule has 5 rings (SSSR count). The molecule has 0 fully saturated rings. The molecule has 0 saturated heterocycles. The van der Waals surface area contributed by atoms with Gasteiger partial charge < -0.3 is 0 Å². The van der Waals surface area contributed by atoms with Gasteiger partial charge in [0.05, 0.1) is 22.1 Å². The fraction of sp³-hybridized carbons (Fsp3) is 0.182. The summed E-state index contributed by atoms with van der Waals surface area (Å²) in [6, 6.07) is 12.9. The van der Waals surface area contributed by atoms with Gasteiger partial charge >= 0.3 is 5.69 Å². The van der Waals surface area contributed by atoms with Crippen molar-refractivity contribution in [2.24, 2.45) is 25.0 Å². The maximum Gasteiger partial charge on any atom is 0.332 e. The number of nitro groups is 1. The van der Waals surface area contributed by atoms with Crippen LogP contribution in [0.4, 0.5) is 11.5 Å². The lowest BCUT2D eigenvalue weighted by Gasteiger charge is -2.29. The smallest absolute Gasteiger partial charge is 0.293 e. The quantitative estimate of drug-likeness (QED) is 0.468. The molecule has 3 aromatic rings. The normalized spacial score (nSPS) is 18.8. The summed E-state index contributed by atoms with van der Waals surface area (Å²) < 4.78 is 2.29. The second-order valence-electron chi connectivity index (χ2n) is 7.65. The number of hydrogen-bond acceptors (Lipinski definition) is 6. The lowest BCUT2D eigenvalue weighted by atomic mass is 9.76. The number of carbonyl (C=O) groups excluding carboxylic acids is 1. The number of Topliss-reactive ketones (excluding diaryl/α,β-unsaturated/α-hetero) is 1. The molecule has 1 aromatic heterocycles. The molecular formula is C22H16N4O5. The number of non-ortho nitro benzene ring substituents is 1. The van der Waals surface area contributed by atoms with Gasteiger partial charge in [-0.05, 0) is 5.56 Å². The van der Waals surface area contributed by atoms with Crippen molar-refractivity contribution < 1.29 is 9.72 Å². The molecule has 0 bridgehead atoms. The van der Waals surface area contributed by atoms with Crippen LogP contribution >= 0.6 is 0 Å². The van der Waals surface area contributed by atoms with E-state index in [0.29, 0.717) is 22.4 Å². The van der Waals surface area contributed by atoms with Crippen LogP contribution in [-0.4, -0.2) is 25.6 Å². The molecule has 0 unspecified atom stereocenters. The summed E-state index contributed by atoms with van der Waals surface area (Å²) >= 11 is 0. The summed E-state index contributed by atoms with van der Waals surface area (Å²) in [5.74, 6) is -1.45. The summed E-state index contributed by atoms with van der Waals surface area (Å²) in [4.78, 5) is 54.3. The monoisotopic (exact) mass is 416 g/mol. The molecule has 0 amide bonds. The zero-order chi connectivity index (χ0) is 22.0.